The van der Waals surface area contributed by atoms with Gasteiger partial charge in [0, 0.05) is 19.6 Å². The number of nitrogens with one attached hydrogen (secondary N) is 1. The SMILES string of the molecule is CCCOCCOCC(=O)CCCNC(=O)CI. The molecule has 1 amide bonds. The second-order valence-electron chi connectivity index (χ2n) is 3.79. The molecule has 0 saturated heterocycles. The molecule has 0 unspecified atom stereocenters. The lowest BCUT2D eigenvalue weighted by atomic mass is 10.2. The van der Waals surface area contributed by atoms with Crippen molar-refractivity contribution in [1.29, 1.82) is 0 Å². The van der Waals surface area contributed by atoms with Crippen molar-refractivity contribution in [3.63, 3.8) is 0 Å². The van der Waals surface area contributed by atoms with E-state index in [4.69, 9.17) is 9.47 Å². The van der Waals surface area contributed by atoms with Gasteiger partial charge in [0.2, 0.25) is 5.91 Å². The molecular weight excluding hydrogens is 349 g/mol. The van der Waals surface area contributed by atoms with Gasteiger partial charge < -0.3 is 14.8 Å². The monoisotopic (exact) mass is 371 g/mol. The number of carbonyl (C=O) groups excluding carboxylic acids is 2. The second-order valence-corrected chi connectivity index (χ2v) is 4.55. The topological polar surface area (TPSA) is 64.6 Å². The van der Waals surface area contributed by atoms with Crippen LogP contribution in [-0.2, 0) is 19.1 Å². The molecule has 0 aliphatic carbocycles. The van der Waals surface area contributed by atoms with Gasteiger partial charge >= 0.3 is 0 Å². The first kappa shape index (κ1) is 17.8. The number of amides is 1. The van der Waals surface area contributed by atoms with E-state index in [-0.39, 0.29) is 18.3 Å². The predicted octanol–water partition coefficient (Wildman–Crippen LogP) is 1.33. The van der Waals surface area contributed by atoms with E-state index in [9.17, 15) is 9.59 Å². The molecule has 0 aliphatic heterocycles. The maximum Gasteiger partial charge on any atom is 0.229 e. The van der Waals surface area contributed by atoms with Crippen LogP contribution in [0, 0.1) is 0 Å². The highest BCUT2D eigenvalue weighted by atomic mass is 127. The summed E-state index contributed by atoms with van der Waals surface area (Å²) in [5.74, 6) is 0.0709. The van der Waals surface area contributed by atoms with E-state index in [0.29, 0.717) is 37.0 Å². The Morgan fingerprint density at radius 2 is 1.89 bits per heavy atom. The molecule has 0 spiro atoms. The highest BCUT2D eigenvalue weighted by Crippen LogP contribution is 1.92. The Balaban J connectivity index is 3.25. The summed E-state index contributed by atoms with van der Waals surface area (Å²) in [5, 5.41) is 2.72. The molecule has 106 valence electrons. The summed E-state index contributed by atoms with van der Waals surface area (Å²) >= 11 is 2.00. The number of hydrogen-bond donors (Lipinski definition) is 1. The van der Waals surface area contributed by atoms with Gasteiger partial charge in [-0.05, 0) is 12.8 Å². The van der Waals surface area contributed by atoms with Crippen molar-refractivity contribution in [3.8, 4) is 0 Å². The zero-order valence-electron chi connectivity index (χ0n) is 10.9. The summed E-state index contributed by atoms with van der Waals surface area (Å²) in [4.78, 5) is 22.3. The minimum atomic E-state index is 0.00683. The molecule has 0 saturated carbocycles. The molecule has 0 heterocycles. The summed E-state index contributed by atoms with van der Waals surface area (Å²) < 4.78 is 10.8. The maximum atomic E-state index is 11.4. The van der Waals surface area contributed by atoms with Crippen LogP contribution in [0.3, 0.4) is 0 Å². The van der Waals surface area contributed by atoms with Gasteiger partial charge in [0.1, 0.15) is 6.61 Å². The summed E-state index contributed by atoms with van der Waals surface area (Å²) in [5.41, 5.74) is 0. The van der Waals surface area contributed by atoms with Crippen molar-refractivity contribution in [2.24, 2.45) is 0 Å². The highest BCUT2D eigenvalue weighted by Gasteiger charge is 2.03. The number of hydrogen-bond acceptors (Lipinski definition) is 4. The van der Waals surface area contributed by atoms with Gasteiger partial charge in [-0.3, -0.25) is 9.59 Å². The van der Waals surface area contributed by atoms with E-state index in [1.165, 1.54) is 0 Å². The van der Waals surface area contributed by atoms with Gasteiger partial charge in [-0.15, -0.1) is 0 Å². The Labute approximate surface area is 122 Å². The van der Waals surface area contributed by atoms with Crippen LogP contribution in [0.15, 0.2) is 0 Å². The molecule has 0 bridgehead atoms. The fraction of sp³-hybridized carbons (Fsp3) is 0.833. The highest BCUT2D eigenvalue weighted by molar-refractivity contribution is 14.1. The van der Waals surface area contributed by atoms with Crippen LogP contribution in [0.4, 0.5) is 0 Å². The maximum absolute atomic E-state index is 11.4. The molecule has 0 rings (SSSR count). The van der Waals surface area contributed by atoms with Crippen LogP contribution in [0.25, 0.3) is 0 Å². The normalized spacial score (nSPS) is 10.3. The van der Waals surface area contributed by atoms with Crippen LogP contribution in [0.2, 0.25) is 0 Å². The molecule has 0 aromatic carbocycles. The molecule has 5 nitrogen and oxygen atoms in total. The van der Waals surface area contributed by atoms with E-state index in [1.54, 1.807) is 0 Å². The average Bonchev–Trinajstić information content (AvgIpc) is 2.38. The van der Waals surface area contributed by atoms with Crippen molar-refractivity contribution in [1.82, 2.24) is 5.32 Å². The lowest BCUT2D eigenvalue weighted by Crippen LogP contribution is -2.25. The third-order valence-electron chi connectivity index (χ3n) is 2.06. The molecule has 0 aliphatic rings. The van der Waals surface area contributed by atoms with Crippen LogP contribution in [0.1, 0.15) is 26.2 Å². The van der Waals surface area contributed by atoms with Gasteiger partial charge in [0.25, 0.3) is 0 Å². The van der Waals surface area contributed by atoms with Crippen LogP contribution in [0.5, 0.6) is 0 Å². The number of ketones is 1. The summed E-state index contributed by atoms with van der Waals surface area (Å²) in [7, 11) is 0. The van der Waals surface area contributed by atoms with Crippen molar-refractivity contribution in [2.45, 2.75) is 26.2 Å². The minimum Gasteiger partial charge on any atom is -0.379 e. The number of halogens is 1. The number of Topliss-reactive ketones (excluding diaryl/α,β-unsaturated/α-hetero) is 1. The number of carbonyl (C=O) groups is 2. The summed E-state index contributed by atoms with van der Waals surface area (Å²) in [6, 6.07) is 0. The Kier molecular flexibility index (Phi) is 13.1. The standard InChI is InChI=1S/C12H22INO4/c1-2-6-17-7-8-18-10-11(15)4-3-5-14-12(16)9-13/h2-10H2,1H3,(H,14,16). The zero-order chi connectivity index (χ0) is 13.6. The van der Waals surface area contributed by atoms with E-state index >= 15 is 0 Å². The van der Waals surface area contributed by atoms with Gasteiger partial charge in [-0.1, -0.05) is 29.5 Å². The van der Waals surface area contributed by atoms with Crippen molar-refractivity contribution < 1.29 is 19.1 Å². The largest absolute Gasteiger partial charge is 0.379 e. The molecule has 6 heteroatoms. The number of alkyl halides is 1. The third-order valence-corrected chi connectivity index (χ3v) is 2.75. The van der Waals surface area contributed by atoms with E-state index in [1.807, 2.05) is 29.5 Å². The van der Waals surface area contributed by atoms with E-state index < -0.39 is 0 Å². The molecule has 0 atom stereocenters. The van der Waals surface area contributed by atoms with Crippen molar-refractivity contribution >= 4 is 34.3 Å². The first-order chi connectivity index (χ1) is 8.70. The predicted molar refractivity (Wildman–Crippen MR) is 78.1 cm³/mol. The molecule has 18 heavy (non-hydrogen) atoms. The number of rotatable bonds is 12. The Hall–Kier alpha value is -0.210. The van der Waals surface area contributed by atoms with Gasteiger partial charge in [0.15, 0.2) is 5.78 Å². The smallest absolute Gasteiger partial charge is 0.229 e. The fourth-order valence-corrected chi connectivity index (χ4v) is 1.45. The quantitative estimate of drug-likeness (QED) is 0.319. The van der Waals surface area contributed by atoms with Crippen molar-refractivity contribution in [3.05, 3.63) is 0 Å². The van der Waals surface area contributed by atoms with Crippen molar-refractivity contribution in [2.75, 3.05) is 37.4 Å². The fourth-order valence-electron chi connectivity index (χ4n) is 1.18. The zero-order valence-corrected chi connectivity index (χ0v) is 13.0. The van der Waals surface area contributed by atoms with Gasteiger partial charge in [0.05, 0.1) is 17.6 Å². The summed E-state index contributed by atoms with van der Waals surface area (Å²) in [6.07, 6.45) is 2.09. The Morgan fingerprint density at radius 1 is 1.17 bits per heavy atom. The molecule has 0 aromatic heterocycles. The lowest BCUT2D eigenvalue weighted by molar-refractivity contribution is -0.124. The van der Waals surface area contributed by atoms with Gasteiger partial charge in [-0.25, -0.2) is 0 Å². The first-order valence-corrected chi connectivity index (χ1v) is 7.73. The minimum absolute atomic E-state index is 0.00683. The van der Waals surface area contributed by atoms with E-state index in [0.717, 1.165) is 13.0 Å². The number of ether oxygens (including phenoxy) is 2. The average molecular weight is 371 g/mol. The molecule has 0 radical (unpaired) electrons. The third kappa shape index (κ3) is 12.3. The Morgan fingerprint density at radius 3 is 2.56 bits per heavy atom. The van der Waals surface area contributed by atoms with Crippen LogP contribution < -0.4 is 5.32 Å². The lowest BCUT2D eigenvalue weighted by Gasteiger charge is -2.05. The van der Waals surface area contributed by atoms with E-state index in [2.05, 4.69) is 5.32 Å². The molecule has 1 N–H and O–H groups in total. The van der Waals surface area contributed by atoms with Gasteiger partial charge in [-0.2, -0.15) is 0 Å². The van der Waals surface area contributed by atoms with Crippen LogP contribution >= 0.6 is 22.6 Å². The summed E-state index contributed by atoms with van der Waals surface area (Å²) in [6.45, 7) is 4.45. The molecule has 0 aromatic rings. The molecular formula is C12H22INO4. The van der Waals surface area contributed by atoms with Crippen LogP contribution in [-0.4, -0.2) is 49.1 Å². The first-order valence-electron chi connectivity index (χ1n) is 6.20. The second kappa shape index (κ2) is 13.2. The Bertz CT molecular complexity index is 236. The molecule has 0 fully saturated rings.